The number of methoxy groups -OCH3 is 1. The van der Waals surface area contributed by atoms with Crippen molar-refractivity contribution in [1.82, 2.24) is 16.0 Å². The van der Waals surface area contributed by atoms with Gasteiger partial charge in [0.05, 0.1) is 13.2 Å². The Labute approximate surface area is 147 Å². The topological polar surface area (TPSA) is 96.5 Å². The minimum atomic E-state index is -0.773. The van der Waals surface area contributed by atoms with Crippen LogP contribution in [0.5, 0.6) is 0 Å². The zero-order valence-corrected chi connectivity index (χ0v) is 15.1. The molecular weight excluding hydrogens is 322 g/mol. The molecule has 2 aliphatic carbocycles. The van der Waals surface area contributed by atoms with E-state index >= 15 is 0 Å². The first-order valence-electron chi connectivity index (χ1n) is 9.21. The third-order valence-corrected chi connectivity index (χ3v) is 6.91. The van der Waals surface area contributed by atoms with Gasteiger partial charge in [-0.3, -0.25) is 9.59 Å². The SMILES string of the molecule is COC(=O)[C@H](C[C@@H]1CC2(CC2)NC1=O)NC(=O)[C@H]1NC[C@H]2[C@@H]1C2(C)C. The highest BCUT2D eigenvalue weighted by atomic mass is 16.5. The smallest absolute Gasteiger partial charge is 0.328 e. The number of carbonyl (C=O) groups is 3. The van der Waals surface area contributed by atoms with Gasteiger partial charge in [0.15, 0.2) is 0 Å². The number of hydrogen-bond donors (Lipinski definition) is 3. The van der Waals surface area contributed by atoms with Gasteiger partial charge in [0.2, 0.25) is 11.8 Å². The third-order valence-electron chi connectivity index (χ3n) is 6.91. The first kappa shape index (κ1) is 16.8. The van der Waals surface area contributed by atoms with Crippen LogP contribution in [0.3, 0.4) is 0 Å². The third kappa shape index (κ3) is 2.72. The summed E-state index contributed by atoms with van der Waals surface area (Å²) < 4.78 is 4.86. The lowest BCUT2D eigenvalue weighted by molar-refractivity contribution is -0.146. The number of piperidine rings is 1. The lowest BCUT2D eigenvalue weighted by Crippen LogP contribution is -2.51. The van der Waals surface area contributed by atoms with E-state index in [0.29, 0.717) is 18.3 Å². The second-order valence-corrected chi connectivity index (χ2v) is 8.83. The molecule has 25 heavy (non-hydrogen) atoms. The van der Waals surface area contributed by atoms with Crippen molar-refractivity contribution in [1.29, 1.82) is 0 Å². The summed E-state index contributed by atoms with van der Waals surface area (Å²) in [6.45, 7) is 5.20. The molecule has 0 radical (unpaired) electrons. The Morgan fingerprint density at radius 3 is 2.60 bits per heavy atom. The maximum absolute atomic E-state index is 12.7. The largest absolute Gasteiger partial charge is 0.467 e. The van der Waals surface area contributed by atoms with Crippen LogP contribution < -0.4 is 16.0 Å². The van der Waals surface area contributed by atoms with Gasteiger partial charge in [-0.05, 0) is 49.5 Å². The van der Waals surface area contributed by atoms with Gasteiger partial charge < -0.3 is 20.7 Å². The summed E-state index contributed by atoms with van der Waals surface area (Å²) in [7, 11) is 1.31. The van der Waals surface area contributed by atoms with Crippen molar-refractivity contribution in [3.63, 3.8) is 0 Å². The molecule has 2 heterocycles. The summed E-state index contributed by atoms with van der Waals surface area (Å²) in [5.41, 5.74) is 0.141. The van der Waals surface area contributed by atoms with Crippen molar-refractivity contribution in [2.45, 2.75) is 57.2 Å². The van der Waals surface area contributed by atoms with E-state index in [1.807, 2.05) is 0 Å². The number of rotatable bonds is 5. The summed E-state index contributed by atoms with van der Waals surface area (Å²) in [6.07, 6.45) is 3.06. The maximum Gasteiger partial charge on any atom is 0.328 e. The van der Waals surface area contributed by atoms with Gasteiger partial charge in [-0.1, -0.05) is 13.8 Å². The van der Waals surface area contributed by atoms with E-state index < -0.39 is 12.0 Å². The molecule has 2 amide bonds. The molecule has 2 aliphatic heterocycles. The average molecular weight is 349 g/mol. The minimum absolute atomic E-state index is 0.0111. The summed E-state index contributed by atoms with van der Waals surface area (Å²) in [6, 6.07) is -1.04. The zero-order valence-electron chi connectivity index (χ0n) is 15.1. The van der Waals surface area contributed by atoms with E-state index in [4.69, 9.17) is 4.74 Å². The minimum Gasteiger partial charge on any atom is -0.467 e. The Kier molecular flexibility index (Phi) is 3.65. The highest BCUT2D eigenvalue weighted by Gasteiger charge is 2.65. The second-order valence-electron chi connectivity index (χ2n) is 8.83. The molecule has 7 nitrogen and oxygen atoms in total. The number of carbonyl (C=O) groups excluding carboxylic acids is 3. The van der Waals surface area contributed by atoms with Crippen molar-refractivity contribution in [3.8, 4) is 0 Å². The number of amides is 2. The summed E-state index contributed by atoms with van der Waals surface area (Å²) in [5.74, 6) is -0.0578. The Bertz CT molecular complexity index is 628. The number of nitrogens with one attached hydrogen (secondary N) is 3. The van der Waals surface area contributed by atoms with Crippen LogP contribution in [0.15, 0.2) is 0 Å². The molecule has 7 heteroatoms. The summed E-state index contributed by atoms with van der Waals surface area (Å²) >= 11 is 0. The summed E-state index contributed by atoms with van der Waals surface area (Å²) in [4.78, 5) is 37.1. The van der Waals surface area contributed by atoms with Crippen LogP contribution in [0.1, 0.15) is 39.5 Å². The lowest BCUT2D eigenvalue weighted by Gasteiger charge is -2.23. The highest BCUT2D eigenvalue weighted by Crippen LogP contribution is 2.62. The Morgan fingerprint density at radius 1 is 1.36 bits per heavy atom. The molecule has 2 saturated heterocycles. The quantitative estimate of drug-likeness (QED) is 0.605. The fourth-order valence-corrected chi connectivity index (χ4v) is 5.03. The van der Waals surface area contributed by atoms with Gasteiger partial charge in [0.25, 0.3) is 0 Å². The zero-order chi connectivity index (χ0) is 18.0. The fourth-order valence-electron chi connectivity index (χ4n) is 5.03. The molecule has 0 bridgehead atoms. The summed E-state index contributed by atoms with van der Waals surface area (Å²) in [5, 5.41) is 9.13. The first-order chi connectivity index (χ1) is 11.8. The molecule has 5 atom stereocenters. The second kappa shape index (κ2) is 5.43. The van der Waals surface area contributed by atoms with E-state index in [9.17, 15) is 14.4 Å². The molecule has 1 spiro atoms. The van der Waals surface area contributed by atoms with Crippen LogP contribution in [0, 0.1) is 23.2 Å². The van der Waals surface area contributed by atoms with Gasteiger partial charge in [-0.15, -0.1) is 0 Å². The van der Waals surface area contributed by atoms with E-state index in [1.54, 1.807) is 0 Å². The van der Waals surface area contributed by atoms with Crippen LogP contribution in [0.4, 0.5) is 0 Å². The van der Waals surface area contributed by atoms with Crippen LogP contribution in [-0.2, 0) is 19.1 Å². The van der Waals surface area contributed by atoms with E-state index in [2.05, 4.69) is 29.8 Å². The fraction of sp³-hybridized carbons (Fsp3) is 0.833. The van der Waals surface area contributed by atoms with Crippen molar-refractivity contribution in [2.24, 2.45) is 23.2 Å². The first-order valence-corrected chi connectivity index (χ1v) is 9.21. The Balaban J connectivity index is 1.40. The van der Waals surface area contributed by atoms with Crippen LogP contribution in [0.2, 0.25) is 0 Å². The number of fused-ring (bicyclic) bond motifs is 1. The molecule has 4 fully saturated rings. The Hall–Kier alpha value is -1.63. The highest BCUT2D eigenvalue weighted by molar-refractivity contribution is 5.89. The normalized spacial score (nSPS) is 37.2. The Morgan fingerprint density at radius 2 is 2.08 bits per heavy atom. The number of ether oxygens (including phenoxy) is 1. The number of hydrogen-bond acceptors (Lipinski definition) is 5. The van der Waals surface area contributed by atoms with Crippen LogP contribution in [0.25, 0.3) is 0 Å². The van der Waals surface area contributed by atoms with E-state index in [0.717, 1.165) is 25.8 Å². The molecule has 0 aromatic carbocycles. The molecule has 0 aromatic heterocycles. The van der Waals surface area contributed by atoms with Crippen molar-refractivity contribution >= 4 is 17.8 Å². The molecule has 4 aliphatic rings. The average Bonchev–Trinajstić information content (AvgIpc) is 3.26. The van der Waals surface area contributed by atoms with E-state index in [-0.39, 0.29) is 34.7 Å². The maximum atomic E-state index is 12.7. The molecular formula is C18H27N3O4. The molecule has 0 unspecified atom stereocenters. The monoisotopic (exact) mass is 349 g/mol. The van der Waals surface area contributed by atoms with Crippen LogP contribution >= 0.6 is 0 Å². The molecule has 3 N–H and O–H groups in total. The van der Waals surface area contributed by atoms with Crippen molar-refractivity contribution < 1.29 is 19.1 Å². The molecule has 0 aromatic rings. The number of esters is 1. The van der Waals surface area contributed by atoms with E-state index in [1.165, 1.54) is 7.11 Å². The molecule has 2 saturated carbocycles. The molecule has 4 rings (SSSR count). The van der Waals surface area contributed by atoms with Crippen molar-refractivity contribution in [3.05, 3.63) is 0 Å². The van der Waals surface area contributed by atoms with Crippen molar-refractivity contribution in [2.75, 3.05) is 13.7 Å². The van der Waals surface area contributed by atoms with Crippen LogP contribution in [-0.4, -0.2) is 49.1 Å². The lowest BCUT2D eigenvalue weighted by atomic mass is 9.95. The van der Waals surface area contributed by atoms with Gasteiger partial charge in [-0.2, -0.15) is 0 Å². The molecule has 138 valence electrons. The predicted octanol–water partition coefficient (Wildman–Crippen LogP) is -0.0530. The standard InChI is InChI=1S/C18H27N3O4/c1-17(2)10-8-19-13(12(10)17)15(23)20-11(16(24)25-3)6-9-7-18(4-5-18)21-14(9)22/h9-13,19H,4-8H2,1-3H3,(H,20,23)(H,21,22)/t9-,10+,11+,12+,13+/m1/s1. The van der Waals surface area contributed by atoms with Gasteiger partial charge in [-0.25, -0.2) is 4.79 Å². The predicted molar refractivity (Wildman–Crippen MR) is 89.3 cm³/mol. The van der Waals surface area contributed by atoms with Gasteiger partial charge >= 0.3 is 5.97 Å². The van der Waals surface area contributed by atoms with Gasteiger partial charge in [0, 0.05) is 11.5 Å². The van der Waals surface area contributed by atoms with Gasteiger partial charge in [0.1, 0.15) is 6.04 Å².